The number of carbonyl (C=O) groups is 2. The smallest absolute Gasteiger partial charge is 0.460 e. The minimum absolute atomic E-state index is 0.383. The van der Waals surface area contributed by atoms with E-state index in [1.54, 1.807) is 0 Å². The first-order chi connectivity index (χ1) is 11.9. The Kier molecular flexibility index (Phi) is 7.54. The lowest BCUT2D eigenvalue weighted by atomic mass is 9.95. The van der Waals surface area contributed by atoms with Gasteiger partial charge in [0.1, 0.15) is 6.10 Å². The van der Waals surface area contributed by atoms with E-state index in [1.807, 2.05) is 0 Å². The van der Waals surface area contributed by atoms with Crippen LogP contribution in [0.2, 0.25) is 0 Å². The molecule has 13 heteroatoms. The maximum atomic E-state index is 13.7. The van der Waals surface area contributed by atoms with Gasteiger partial charge < -0.3 is 9.47 Å². The number of hydrogen-bond donors (Lipinski definition) is 0. The van der Waals surface area contributed by atoms with Crippen molar-refractivity contribution >= 4 is 11.9 Å². The lowest BCUT2D eigenvalue weighted by Gasteiger charge is -2.35. The van der Waals surface area contributed by atoms with Crippen molar-refractivity contribution < 1.29 is 58.6 Å². The fraction of sp³-hybridized carbons (Fsp3) is 0.571. The highest BCUT2D eigenvalue weighted by Gasteiger charge is 2.81. The number of methoxy groups -OCH3 is 1. The Morgan fingerprint density at radius 2 is 1.48 bits per heavy atom. The van der Waals surface area contributed by atoms with Gasteiger partial charge in [-0.15, -0.1) is 0 Å². The zero-order valence-electron chi connectivity index (χ0n) is 13.5. The first kappa shape index (κ1) is 24.8. The topological polar surface area (TPSA) is 52.6 Å². The number of ether oxygens (including phenoxy) is 2. The molecule has 0 aromatic heterocycles. The van der Waals surface area contributed by atoms with Crippen LogP contribution < -0.4 is 0 Å². The molecular formula is C14H13F9O4. The van der Waals surface area contributed by atoms with Crippen LogP contribution in [-0.2, 0) is 19.1 Å². The van der Waals surface area contributed by atoms with E-state index in [4.69, 9.17) is 0 Å². The molecule has 0 aromatic carbocycles. The maximum absolute atomic E-state index is 13.7. The zero-order chi connectivity index (χ0) is 21.8. The summed E-state index contributed by atoms with van der Waals surface area (Å²) in [6, 6.07) is 0. The van der Waals surface area contributed by atoms with Gasteiger partial charge in [-0.25, -0.2) is 9.59 Å². The molecule has 0 fully saturated rings. The molecule has 0 aliphatic carbocycles. The monoisotopic (exact) mass is 416 g/mol. The fourth-order valence-corrected chi connectivity index (χ4v) is 1.69. The van der Waals surface area contributed by atoms with Gasteiger partial charge in [-0.1, -0.05) is 13.2 Å². The predicted molar refractivity (Wildman–Crippen MR) is 71.4 cm³/mol. The van der Waals surface area contributed by atoms with Crippen LogP contribution in [0.4, 0.5) is 39.5 Å². The number of carbonyl (C=O) groups excluding carboxylic acids is 2. The summed E-state index contributed by atoms with van der Waals surface area (Å²) in [4.78, 5) is 22.3. The molecule has 0 saturated carbocycles. The predicted octanol–water partition coefficient (Wildman–Crippen LogP) is 4.06. The van der Waals surface area contributed by atoms with Gasteiger partial charge in [-0.3, -0.25) is 0 Å². The van der Waals surface area contributed by atoms with Crippen LogP contribution in [0.3, 0.4) is 0 Å². The van der Waals surface area contributed by atoms with Crippen LogP contribution in [0.25, 0.3) is 0 Å². The third kappa shape index (κ3) is 5.39. The van der Waals surface area contributed by atoms with Gasteiger partial charge in [0, 0.05) is 18.1 Å². The summed E-state index contributed by atoms with van der Waals surface area (Å²) in [5.41, 5.74) is -0.693. The molecule has 0 heterocycles. The molecule has 0 aliphatic rings. The van der Waals surface area contributed by atoms with Crippen molar-refractivity contribution in [2.24, 2.45) is 0 Å². The molecule has 1 unspecified atom stereocenters. The Morgan fingerprint density at radius 1 is 1.00 bits per heavy atom. The minimum atomic E-state index is -7.09. The summed E-state index contributed by atoms with van der Waals surface area (Å²) in [5, 5.41) is 0. The average Bonchev–Trinajstić information content (AvgIpc) is 2.51. The molecule has 27 heavy (non-hydrogen) atoms. The van der Waals surface area contributed by atoms with Crippen molar-refractivity contribution in [1.82, 2.24) is 0 Å². The van der Waals surface area contributed by atoms with Crippen LogP contribution in [0, 0.1) is 0 Å². The van der Waals surface area contributed by atoms with E-state index in [0.717, 1.165) is 7.11 Å². The molecule has 0 aliphatic heterocycles. The quantitative estimate of drug-likeness (QED) is 0.323. The Labute approximate surface area is 146 Å². The Balaban J connectivity index is 5.77. The highest BCUT2D eigenvalue weighted by atomic mass is 19.4. The lowest BCUT2D eigenvalue weighted by molar-refractivity contribution is -0.398. The average molecular weight is 416 g/mol. The van der Waals surface area contributed by atoms with E-state index in [1.165, 1.54) is 0 Å². The van der Waals surface area contributed by atoms with Crippen LogP contribution >= 0.6 is 0 Å². The molecule has 0 N–H and O–H groups in total. The molecule has 0 saturated heterocycles. The molecule has 0 bridgehead atoms. The second-order valence-electron chi connectivity index (χ2n) is 5.12. The van der Waals surface area contributed by atoms with E-state index >= 15 is 0 Å². The normalized spacial score (nSPS) is 14.3. The van der Waals surface area contributed by atoms with E-state index in [0.29, 0.717) is 6.08 Å². The van der Waals surface area contributed by atoms with Crippen LogP contribution in [0.5, 0.6) is 0 Å². The molecule has 156 valence electrons. The molecule has 0 amide bonds. The van der Waals surface area contributed by atoms with Crippen molar-refractivity contribution in [2.75, 3.05) is 7.11 Å². The van der Waals surface area contributed by atoms with Gasteiger partial charge in [0.15, 0.2) is 0 Å². The number of halogens is 9. The van der Waals surface area contributed by atoms with Gasteiger partial charge in [0.05, 0.1) is 13.5 Å². The Bertz CT molecular complexity index is 596. The Morgan fingerprint density at radius 3 is 1.85 bits per heavy atom. The SMILES string of the molecule is C=CC(=O)OC(CC(=C)C(=O)OC)CC(F)(F)C(F)(F)C(F)(F)C(F)(F)F. The summed E-state index contributed by atoms with van der Waals surface area (Å²) in [5.74, 6) is -22.7. The van der Waals surface area contributed by atoms with Gasteiger partial charge in [0.2, 0.25) is 0 Å². The number of rotatable bonds is 9. The summed E-state index contributed by atoms with van der Waals surface area (Å²) in [7, 11) is 0.824. The molecule has 4 nitrogen and oxygen atoms in total. The van der Waals surface area contributed by atoms with E-state index in [9.17, 15) is 49.1 Å². The molecule has 1 atom stereocenters. The molecular weight excluding hydrogens is 403 g/mol. The molecule has 0 rings (SSSR count). The van der Waals surface area contributed by atoms with Crippen molar-refractivity contribution in [2.45, 2.75) is 42.9 Å². The first-order valence-electron chi connectivity index (χ1n) is 6.74. The largest absolute Gasteiger partial charge is 0.466 e. The number of alkyl halides is 9. The fourth-order valence-electron chi connectivity index (χ4n) is 1.69. The standard InChI is InChI=1S/C14H13F9O4/c1-4-9(24)27-8(5-7(2)10(25)26-3)6-11(15,16)12(17,18)13(19,20)14(21,22)23/h4,8H,1-2,5-6H2,3H3. The van der Waals surface area contributed by atoms with Gasteiger partial charge >= 0.3 is 35.9 Å². The number of hydrogen-bond acceptors (Lipinski definition) is 4. The zero-order valence-corrected chi connectivity index (χ0v) is 13.5. The van der Waals surface area contributed by atoms with Crippen molar-refractivity contribution in [1.29, 1.82) is 0 Å². The molecule has 0 spiro atoms. The third-order valence-corrected chi connectivity index (χ3v) is 3.09. The second-order valence-corrected chi connectivity index (χ2v) is 5.12. The van der Waals surface area contributed by atoms with E-state index in [-0.39, 0.29) is 0 Å². The minimum Gasteiger partial charge on any atom is -0.466 e. The van der Waals surface area contributed by atoms with Crippen molar-refractivity contribution in [3.05, 3.63) is 24.8 Å². The second kappa shape index (κ2) is 8.21. The highest BCUT2D eigenvalue weighted by molar-refractivity contribution is 5.87. The van der Waals surface area contributed by atoms with Crippen LogP contribution in [-0.4, -0.2) is 49.1 Å². The molecule has 0 radical (unpaired) electrons. The van der Waals surface area contributed by atoms with Gasteiger partial charge in [0.25, 0.3) is 0 Å². The summed E-state index contributed by atoms with van der Waals surface area (Å²) in [6.45, 7) is 5.89. The van der Waals surface area contributed by atoms with Gasteiger partial charge in [-0.2, -0.15) is 39.5 Å². The first-order valence-corrected chi connectivity index (χ1v) is 6.74. The Hall–Kier alpha value is -2.21. The van der Waals surface area contributed by atoms with Crippen LogP contribution in [0.15, 0.2) is 24.8 Å². The molecule has 0 aromatic rings. The third-order valence-electron chi connectivity index (χ3n) is 3.09. The maximum Gasteiger partial charge on any atom is 0.460 e. The van der Waals surface area contributed by atoms with Crippen LogP contribution in [0.1, 0.15) is 12.8 Å². The highest BCUT2D eigenvalue weighted by Crippen LogP contribution is 2.54. The van der Waals surface area contributed by atoms with Crippen molar-refractivity contribution in [3.8, 4) is 0 Å². The summed E-state index contributed by atoms with van der Waals surface area (Å²) < 4.78 is 124. The van der Waals surface area contributed by atoms with E-state index < -0.39 is 60.4 Å². The lowest BCUT2D eigenvalue weighted by Crippen LogP contribution is -2.61. The summed E-state index contributed by atoms with van der Waals surface area (Å²) >= 11 is 0. The van der Waals surface area contributed by atoms with E-state index in [2.05, 4.69) is 22.6 Å². The van der Waals surface area contributed by atoms with Crippen molar-refractivity contribution in [3.63, 3.8) is 0 Å². The summed E-state index contributed by atoms with van der Waals surface area (Å²) in [6.07, 6.45) is -12.6. The van der Waals surface area contributed by atoms with Gasteiger partial charge in [-0.05, 0) is 0 Å². The number of esters is 2.